The van der Waals surface area contributed by atoms with E-state index in [0.29, 0.717) is 6.54 Å². The van der Waals surface area contributed by atoms with Gasteiger partial charge in [0.15, 0.2) is 0 Å². The number of hydrogen-bond donors (Lipinski definition) is 3. The van der Waals surface area contributed by atoms with Crippen molar-refractivity contribution in [2.24, 2.45) is 5.73 Å². The first kappa shape index (κ1) is 11.9. The number of methoxy groups -OCH3 is 1. The third-order valence-electron chi connectivity index (χ3n) is 1.38. The number of imide groups is 1. The maximum Gasteiger partial charge on any atom is 0.318 e. The largest absolute Gasteiger partial charge is 0.380 e. The Kier molecular flexibility index (Phi) is 5.82. The van der Waals surface area contributed by atoms with Crippen molar-refractivity contribution in [1.29, 1.82) is 0 Å². The Bertz CT molecular complexity index is 184. The van der Waals surface area contributed by atoms with E-state index >= 15 is 0 Å². The van der Waals surface area contributed by atoms with Gasteiger partial charge >= 0.3 is 6.03 Å². The van der Waals surface area contributed by atoms with E-state index < -0.39 is 11.9 Å². The van der Waals surface area contributed by atoms with Crippen LogP contribution in [0.5, 0.6) is 0 Å². The van der Waals surface area contributed by atoms with E-state index in [0.717, 1.165) is 0 Å². The highest BCUT2D eigenvalue weighted by atomic mass is 16.5. The first-order valence-corrected chi connectivity index (χ1v) is 3.89. The summed E-state index contributed by atoms with van der Waals surface area (Å²) in [6.45, 7) is 2.46. The molecule has 0 aliphatic heterocycles. The zero-order valence-corrected chi connectivity index (χ0v) is 7.79. The molecule has 0 aromatic carbocycles. The quantitative estimate of drug-likeness (QED) is 0.506. The highest BCUT2D eigenvalue weighted by Crippen LogP contribution is 1.82. The zero-order valence-electron chi connectivity index (χ0n) is 7.79. The van der Waals surface area contributed by atoms with Gasteiger partial charge in [-0.3, -0.25) is 10.1 Å². The molecule has 4 N–H and O–H groups in total. The number of carbonyl (C=O) groups is 2. The Labute approximate surface area is 76.8 Å². The molecule has 6 heteroatoms. The third-order valence-corrected chi connectivity index (χ3v) is 1.38. The highest BCUT2D eigenvalue weighted by molar-refractivity contribution is 5.94. The second-order valence-corrected chi connectivity index (χ2v) is 2.59. The van der Waals surface area contributed by atoms with Gasteiger partial charge in [-0.05, 0) is 6.92 Å². The van der Waals surface area contributed by atoms with Gasteiger partial charge in [0.2, 0.25) is 5.91 Å². The van der Waals surface area contributed by atoms with Gasteiger partial charge in [0.05, 0.1) is 12.6 Å². The van der Waals surface area contributed by atoms with Crippen molar-refractivity contribution in [2.75, 3.05) is 20.2 Å². The standard InChI is InChI=1S/C7H15N3O3/c1-5(13-2)3-9-4-6(11)10-7(8)12/h5,9H,3-4H2,1-2H3,(H3,8,10,11,12). The topological polar surface area (TPSA) is 93.4 Å². The lowest BCUT2D eigenvalue weighted by atomic mass is 10.4. The van der Waals surface area contributed by atoms with Crippen molar-refractivity contribution in [3.05, 3.63) is 0 Å². The van der Waals surface area contributed by atoms with Gasteiger partial charge in [-0.25, -0.2) is 4.79 Å². The summed E-state index contributed by atoms with van der Waals surface area (Å²) in [5.74, 6) is -0.448. The maximum absolute atomic E-state index is 10.8. The fourth-order valence-electron chi connectivity index (χ4n) is 0.654. The van der Waals surface area contributed by atoms with E-state index in [1.807, 2.05) is 12.2 Å². The molecule has 0 aromatic heterocycles. The molecule has 0 saturated carbocycles. The van der Waals surface area contributed by atoms with Crippen LogP contribution < -0.4 is 16.4 Å². The van der Waals surface area contributed by atoms with Crippen molar-refractivity contribution in [3.63, 3.8) is 0 Å². The Balaban J connectivity index is 3.42. The molecule has 13 heavy (non-hydrogen) atoms. The summed E-state index contributed by atoms with van der Waals surface area (Å²) in [6, 6.07) is -0.841. The van der Waals surface area contributed by atoms with Crippen LogP contribution in [-0.2, 0) is 9.53 Å². The molecule has 0 aromatic rings. The summed E-state index contributed by atoms with van der Waals surface area (Å²) in [6.07, 6.45) is 0.0291. The van der Waals surface area contributed by atoms with E-state index in [4.69, 9.17) is 10.5 Å². The lowest BCUT2D eigenvalue weighted by Crippen LogP contribution is -2.42. The predicted octanol–water partition coefficient (Wildman–Crippen LogP) is -1.19. The zero-order chi connectivity index (χ0) is 10.3. The number of ether oxygens (including phenoxy) is 1. The molecule has 1 atom stereocenters. The molecule has 6 nitrogen and oxygen atoms in total. The Morgan fingerprint density at radius 2 is 2.15 bits per heavy atom. The predicted molar refractivity (Wildman–Crippen MR) is 47.1 cm³/mol. The van der Waals surface area contributed by atoms with E-state index in [2.05, 4.69) is 5.32 Å². The van der Waals surface area contributed by atoms with Crippen LogP contribution in [0.1, 0.15) is 6.92 Å². The molecule has 0 heterocycles. The third kappa shape index (κ3) is 7.23. The molecule has 0 spiro atoms. The molecule has 0 rings (SSSR count). The molecule has 0 aliphatic rings. The summed E-state index contributed by atoms with van der Waals surface area (Å²) in [5, 5.41) is 4.73. The second-order valence-electron chi connectivity index (χ2n) is 2.59. The van der Waals surface area contributed by atoms with Crippen LogP contribution in [0.4, 0.5) is 4.79 Å². The maximum atomic E-state index is 10.8. The minimum absolute atomic E-state index is 0.0291. The smallest absolute Gasteiger partial charge is 0.318 e. The first-order chi connectivity index (χ1) is 6.06. The summed E-state index contributed by atoms with van der Waals surface area (Å²) in [4.78, 5) is 21.0. The van der Waals surface area contributed by atoms with Gasteiger partial charge in [0, 0.05) is 13.7 Å². The van der Waals surface area contributed by atoms with E-state index in [-0.39, 0.29) is 12.6 Å². The lowest BCUT2D eigenvalue weighted by molar-refractivity contribution is -0.119. The second kappa shape index (κ2) is 6.38. The van der Waals surface area contributed by atoms with Crippen molar-refractivity contribution < 1.29 is 14.3 Å². The van der Waals surface area contributed by atoms with Crippen LogP contribution in [0, 0.1) is 0 Å². The van der Waals surface area contributed by atoms with Gasteiger partial charge in [-0.2, -0.15) is 0 Å². The van der Waals surface area contributed by atoms with Gasteiger partial charge in [0.1, 0.15) is 0 Å². The fourth-order valence-corrected chi connectivity index (χ4v) is 0.654. The van der Waals surface area contributed by atoms with Crippen LogP contribution in [0.15, 0.2) is 0 Å². The van der Waals surface area contributed by atoms with E-state index in [1.165, 1.54) is 0 Å². The molecule has 0 aliphatic carbocycles. The minimum Gasteiger partial charge on any atom is -0.380 e. The van der Waals surface area contributed by atoms with Crippen molar-refractivity contribution >= 4 is 11.9 Å². The van der Waals surface area contributed by atoms with Gasteiger partial charge in [-0.15, -0.1) is 0 Å². The normalized spacial score (nSPS) is 12.2. The first-order valence-electron chi connectivity index (χ1n) is 3.89. The molecule has 0 bridgehead atoms. The fraction of sp³-hybridized carbons (Fsp3) is 0.714. The molecule has 0 radical (unpaired) electrons. The lowest BCUT2D eigenvalue weighted by Gasteiger charge is -2.09. The number of hydrogen-bond acceptors (Lipinski definition) is 4. The van der Waals surface area contributed by atoms with E-state index in [9.17, 15) is 9.59 Å². The number of carbonyl (C=O) groups excluding carboxylic acids is 2. The number of amides is 3. The van der Waals surface area contributed by atoms with Crippen LogP contribution in [0.2, 0.25) is 0 Å². The molecule has 1 unspecified atom stereocenters. The van der Waals surface area contributed by atoms with Crippen LogP contribution in [0.25, 0.3) is 0 Å². The van der Waals surface area contributed by atoms with Gasteiger partial charge in [-0.1, -0.05) is 0 Å². The van der Waals surface area contributed by atoms with Crippen LogP contribution >= 0.6 is 0 Å². The minimum atomic E-state index is -0.841. The Hall–Kier alpha value is -1.14. The average molecular weight is 189 g/mol. The molecule has 0 saturated heterocycles. The molecule has 3 amide bonds. The average Bonchev–Trinajstić information content (AvgIpc) is 2.02. The summed E-state index contributed by atoms with van der Waals surface area (Å²) in [7, 11) is 1.58. The number of nitrogens with two attached hydrogens (primary N) is 1. The molecule has 76 valence electrons. The summed E-state index contributed by atoms with van der Waals surface area (Å²) in [5.41, 5.74) is 4.73. The van der Waals surface area contributed by atoms with Crippen LogP contribution in [-0.4, -0.2) is 38.2 Å². The van der Waals surface area contributed by atoms with Crippen molar-refractivity contribution in [2.45, 2.75) is 13.0 Å². The van der Waals surface area contributed by atoms with Crippen LogP contribution in [0.3, 0.4) is 0 Å². The van der Waals surface area contributed by atoms with Crippen molar-refractivity contribution in [3.8, 4) is 0 Å². The summed E-state index contributed by atoms with van der Waals surface area (Å²) < 4.78 is 4.93. The number of rotatable bonds is 5. The monoisotopic (exact) mass is 189 g/mol. The Morgan fingerprint density at radius 1 is 1.54 bits per heavy atom. The highest BCUT2D eigenvalue weighted by Gasteiger charge is 2.04. The number of nitrogens with one attached hydrogen (secondary N) is 2. The van der Waals surface area contributed by atoms with Crippen molar-refractivity contribution in [1.82, 2.24) is 10.6 Å². The molecule has 0 fully saturated rings. The number of primary amides is 1. The number of urea groups is 1. The van der Waals surface area contributed by atoms with Gasteiger partial charge in [0.25, 0.3) is 0 Å². The van der Waals surface area contributed by atoms with E-state index in [1.54, 1.807) is 7.11 Å². The molecular weight excluding hydrogens is 174 g/mol. The Morgan fingerprint density at radius 3 is 2.62 bits per heavy atom. The van der Waals surface area contributed by atoms with Gasteiger partial charge < -0.3 is 15.8 Å². The molecular formula is C7H15N3O3. The SMILES string of the molecule is COC(C)CNCC(=O)NC(N)=O. The summed E-state index contributed by atoms with van der Waals surface area (Å²) >= 11 is 0.